The molecule has 2 aliphatic heterocycles. The number of carbonyl (C=O) groups is 1. The topological polar surface area (TPSA) is 80.2 Å². The maximum atomic E-state index is 14.2. The zero-order chi connectivity index (χ0) is 31.1. The summed E-state index contributed by atoms with van der Waals surface area (Å²) in [5.41, 5.74) is 6.12. The molecule has 0 fully saturated rings. The molecule has 6 aromatic rings. The van der Waals surface area contributed by atoms with Gasteiger partial charge in [0.1, 0.15) is 17.3 Å². The molecule has 2 heterocycles. The quantitative estimate of drug-likeness (QED) is 0.284. The minimum absolute atomic E-state index is 0.0417. The molecule has 6 aromatic carbocycles. The van der Waals surface area contributed by atoms with Crippen LogP contribution >= 0.6 is 0 Å². The molecule has 0 radical (unpaired) electrons. The van der Waals surface area contributed by atoms with Crippen molar-refractivity contribution in [3.05, 3.63) is 142 Å². The van der Waals surface area contributed by atoms with Crippen LogP contribution in [0.25, 0.3) is 32.7 Å². The van der Waals surface area contributed by atoms with Gasteiger partial charge in [-0.2, -0.15) is 0 Å². The lowest BCUT2D eigenvalue weighted by Gasteiger charge is -2.30. The molecule has 0 saturated carbocycles. The molecule has 0 atom stereocenters. The standard InChI is InChI=1S/C38H26B2N2O4/c1-21-9-15-25(16-10-21)39-41-35-27(19-13-23-5-3-7-29(45-39)31(23)35)33-37(43)34(38(33)44)28-20-14-24-6-4-8-30-32(24)36(28)42-40(46-30)26-17-11-22(2)12-18-26/h3-20,41,43H,1-2H3/b34-28+. The van der Waals surface area contributed by atoms with Crippen LogP contribution in [0.15, 0.2) is 120 Å². The van der Waals surface area contributed by atoms with Crippen molar-refractivity contribution in [3.63, 3.8) is 0 Å². The number of carbonyl (C=O) groups excluding carboxylic acids is 1. The van der Waals surface area contributed by atoms with Crippen LogP contribution in [0.5, 0.6) is 11.5 Å². The molecule has 46 heavy (non-hydrogen) atoms. The number of Topliss-reactive ketones (excluding diaryl/α,β-unsaturated/α-hetero) is 1. The number of aryl methyl sites for hydroxylation is 2. The summed E-state index contributed by atoms with van der Waals surface area (Å²) in [4.78, 5) is 19.2. The average Bonchev–Trinajstić information content (AvgIpc) is 3.08. The molecule has 8 heteroatoms. The van der Waals surface area contributed by atoms with Gasteiger partial charge in [-0.1, -0.05) is 108 Å². The van der Waals surface area contributed by atoms with Gasteiger partial charge >= 0.3 is 14.1 Å². The van der Waals surface area contributed by atoms with Gasteiger partial charge in [0, 0.05) is 27.2 Å². The van der Waals surface area contributed by atoms with E-state index < -0.39 is 14.1 Å². The van der Waals surface area contributed by atoms with Crippen molar-refractivity contribution < 1.29 is 19.2 Å². The summed E-state index contributed by atoms with van der Waals surface area (Å²) < 4.78 is 12.7. The number of hydrogen-bond acceptors (Lipinski definition) is 6. The summed E-state index contributed by atoms with van der Waals surface area (Å²) >= 11 is 0. The first kappa shape index (κ1) is 26.6. The van der Waals surface area contributed by atoms with Gasteiger partial charge in [0.15, 0.2) is 0 Å². The summed E-state index contributed by atoms with van der Waals surface area (Å²) in [7, 11) is -1.03. The van der Waals surface area contributed by atoms with E-state index in [2.05, 4.69) is 5.23 Å². The molecular weight excluding hydrogens is 570 g/mol. The van der Waals surface area contributed by atoms with Gasteiger partial charge in [-0.05, 0) is 47.7 Å². The van der Waals surface area contributed by atoms with E-state index in [-0.39, 0.29) is 22.7 Å². The fraction of sp³-hybridized carbons (Fsp3) is 0.0526. The van der Waals surface area contributed by atoms with E-state index in [1.165, 1.54) is 0 Å². The lowest BCUT2D eigenvalue weighted by atomic mass is 9.70. The van der Waals surface area contributed by atoms with Crippen molar-refractivity contribution in [2.75, 3.05) is 5.23 Å². The van der Waals surface area contributed by atoms with Gasteiger partial charge in [-0.3, -0.25) is 9.70 Å². The lowest BCUT2D eigenvalue weighted by Crippen LogP contribution is -2.46. The number of benzene rings is 6. The van der Waals surface area contributed by atoms with E-state index >= 15 is 0 Å². The Bertz CT molecular complexity index is 2460. The summed E-state index contributed by atoms with van der Waals surface area (Å²) in [6, 6.07) is 35.8. The first-order valence-corrected chi connectivity index (χ1v) is 15.4. The molecular formula is C38H26B2N2O4. The molecule has 218 valence electrons. The second-order valence-electron chi connectivity index (χ2n) is 12.1. The van der Waals surface area contributed by atoms with E-state index in [0.29, 0.717) is 21.9 Å². The number of hydrogen-bond donors (Lipinski definition) is 2. The zero-order valence-electron chi connectivity index (χ0n) is 25.2. The third-order valence-corrected chi connectivity index (χ3v) is 9.20. The van der Waals surface area contributed by atoms with Crippen molar-refractivity contribution in [1.29, 1.82) is 0 Å². The fourth-order valence-electron chi connectivity index (χ4n) is 6.78. The van der Waals surface area contributed by atoms with Crippen molar-refractivity contribution in [2.24, 2.45) is 4.90 Å². The Morgan fingerprint density at radius 3 is 2.00 bits per heavy atom. The smallest absolute Gasteiger partial charge is 0.537 e. The maximum Gasteiger partial charge on any atom is 0.538 e. The van der Waals surface area contributed by atoms with E-state index in [1.54, 1.807) is 0 Å². The molecule has 0 amide bonds. The van der Waals surface area contributed by atoms with Crippen molar-refractivity contribution in [2.45, 2.75) is 13.8 Å². The Morgan fingerprint density at radius 1 is 0.674 bits per heavy atom. The third kappa shape index (κ3) is 3.93. The highest BCUT2D eigenvalue weighted by Gasteiger charge is 2.40. The molecule has 3 aliphatic rings. The number of nitrogens with one attached hydrogen (secondary N) is 1. The highest BCUT2D eigenvalue weighted by atomic mass is 16.4. The first-order chi connectivity index (χ1) is 22.4. The Morgan fingerprint density at radius 2 is 1.30 bits per heavy atom. The van der Waals surface area contributed by atoms with Crippen molar-refractivity contribution >= 4 is 69.2 Å². The molecule has 1 aliphatic carbocycles. The van der Waals surface area contributed by atoms with E-state index in [0.717, 1.165) is 55.0 Å². The predicted octanol–water partition coefficient (Wildman–Crippen LogP) is 4.92. The molecule has 0 unspecified atom stereocenters. The number of ketones is 1. The van der Waals surface area contributed by atoms with E-state index in [1.807, 2.05) is 123 Å². The van der Waals surface area contributed by atoms with Crippen LogP contribution in [0.2, 0.25) is 0 Å². The SMILES string of the molecule is Cc1ccc(B2N=c3/c(=C4/C(=O)C(c5ccc6cccc7c6c5NB(c5ccc(C)cc5)O7)=C4O)ccc4cccc(c34)O2)cc1. The van der Waals surface area contributed by atoms with Gasteiger partial charge < -0.3 is 19.6 Å². The number of anilines is 1. The zero-order valence-corrected chi connectivity index (χ0v) is 25.2. The van der Waals surface area contributed by atoms with Crippen LogP contribution < -0.4 is 36.0 Å². The Hall–Kier alpha value is -5.75. The summed E-state index contributed by atoms with van der Waals surface area (Å²) in [5.74, 6) is 1.15. The molecule has 0 saturated heterocycles. The van der Waals surface area contributed by atoms with Crippen LogP contribution in [0.3, 0.4) is 0 Å². The van der Waals surface area contributed by atoms with E-state index in [4.69, 9.17) is 14.2 Å². The van der Waals surface area contributed by atoms with Gasteiger partial charge in [0.2, 0.25) is 5.78 Å². The summed E-state index contributed by atoms with van der Waals surface area (Å²) in [5, 5.41) is 20.1. The maximum absolute atomic E-state index is 14.2. The number of aliphatic hydroxyl groups is 1. The Balaban J connectivity index is 1.24. The van der Waals surface area contributed by atoms with Gasteiger partial charge in [0.25, 0.3) is 0 Å². The minimum atomic E-state index is -0.576. The summed E-state index contributed by atoms with van der Waals surface area (Å²) in [6.07, 6.45) is 0. The first-order valence-electron chi connectivity index (χ1n) is 15.4. The normalized spacial score (nSPS) is 16.1. The number of aliphatic hydroxyl groups excluding tert-OH is 1. The number of nitrogens with zero attached hydrogens (tertiary/aromatic N) is 1. The monoisotopic (exact) mass is 596 g/mol. The third-order valence-electron chi connectivity index (χ3n) is 9.20. The molecule has 2 N–H and O–H groups in total. The fourth-order valence-corrected chi connectivity index (χ4v) is 6.78. The second kappa shape index (κ2) is 9.88. The van der Waals surface area contributed by atoms with Crippen molar-refractivity contribution in [3.8, 4) is 11.5 Å². The Kier molecular flexibility index (Phi) is 5.72. The highest BCUT2D eigenvalue weighted by Crippen LogP contribution is 2.45. The van der Waals surface area contributed by atoms with E-state index in [9.17, 15) is 9.90 Å². The largest absolute Gasteiger partial charge is 0.538 e. The van der Waals surface area contributed by atoms with Gasteiger partial charge in [0.05, 0.1) is 16.5 Å². The van der Waals surface area contributed by atoms with Crippen LogP contribution in [0.4, 0.5) is 5.69 Å². The Labute approximate surface area is 265 Å². The summed E-state index contributed by atoms with van der Waals surface area (Å²) in [6.45, 7) is 4.09. The number of rotatable bonds is 3. The second-order valence-corrected chi connectivity index (χ2v) is 12.1. The number of allylic oxidation sites excluding steroid dienone is 2. The van der Waals surface area contributed by atoms with Crippen molar-refractivity contribution in [1.82, 2.24) is 0 Å². The molecule has 0 aromatic heterocycles. The van der Waals surface area contributed by atoms with Crippen LogP contribution in [0, 0.1) is 13.8 Å². The highest BCUT2D eigenvalue weighted by molar-refractivity contribution is 6.72. The average molecular weight is 596 g/mol. The molecule has 0 spiro atoms. The molecule has 9 rings (SSSR count). The lowest BCUT2D eigenvalue weighted by molar-refractivity contribution is -0.109. The van der Waals surface area contributed by atoms with Crippen LogP contribution in [-0.4, -0.2) is 25.0 Å². The minimum Gasteiger partial charge on any atom is -0.537 e. The molecule has 6 nitrogen and oxygen atoms in total. The molecule has 0 bridgehead atoms. The predicted molar refractivity (Wildman–Crippen MR) is 185 cm³/mol. The van der Waals surface area contributed by atoms with Crippen LogP contribution in [-0.2, 0) is 4.79 Å². The van der Waals surface area contributed by atoms with Crippen LogP contribution in [0.1, 0.15) is 16.7 Å². The van der Waals surface area contributed by atoms with Gasteiger partial charge in [-0.25, -0.2) is 0 Å². The van der Waals surface area contributed by atoms with Gasteiger partial charge in [-0.15, -0.1) is 0 Å².